The molecule has 6 nitrogen and oxygen atoms in total. The fourth-order valence-corrected chi connectivity index (χ4v) is 10.1. The minimum atomic E-state index is -0.636. The normalized spacial score (nSPS) is 15.6. The van der Waals surface area contributed by atoms with E-state index in [1.54, 1.807) is 0 Å². The molecule has 59 heavy (non-hydrogen) atoms. The molecule has 0 aliphatic heterocycles. The van der Waals surface area contributed by atoms with Crippen molar-refractivity contribution in [1.29, 1.82) is 0 Å². The van der Waals surface area contributed by atoms with Gasteiger partial charge in [-0.05, 0) is 126 Å². The summed E-state index contributed by atoms with van der Waals surface area (Å²) in [5.74, 6) is -0.189. The standard InChI is InChI=1S/C53H105NO5/c1-11-40-54(41-12-2)42-30-29-39-53(59,37-27-19-17-25-35-47(49(55)56)33-23-15-13-21-31-45(3)43-51(5,6)7)38-28-20-18-26-36-48(50(57)58)34-24-16-14-22-32-46(4)44-52(8,9)10/h45-48,59H,11-44H2,1-10H3,(H,55,56)(H,57,58). The molecular formula is C53H105NO5. The summed E-state index contributed by atoms with van der Waals surface area (Å²) in [5.41, 5.74) is 0.144. The third kappa shape index (κ3) is 36.1. The van der Waals surface area contributed by atoms with E-state index in [-0.39, 0.29) is 11.8 Å². The second-order valence-corrected chi connectivity index (χ2v) is 22.2. The molecular weight excluding hydrogens is 731 g/mol. The number of aliphatic carboxylic acids is 2. The number of hydrogen-bond donors (Lipinski definition) is 3. The number of nitrogens with zero attached hydrogens (tertiary/aromatic N) is 1. The van der Waals surface area contributed by atoms with Crippen LogP contribution >= 0.6 is 0 Å². The van der Waals surface area contributed by atoms with Gasteiger partial charge in [0.2, 0.25) is 0 Å². The van der Waals surface area contributed by atoms with Crippen molar-refractivity contribution in [2.24, 2.45) is 34.5 Å². The van der Waals surface area contributed by atoms with E-state index in [2.05, 4.69) is 74.1 Å². The average molecular weight is 836 g/mol. The van der Waals surface area contributed by atoms with E-state index in [9.17, 15) is 24.9 Å². The van der Waals surface area contributed by atoms with Gasteiger partial charge in [-0.25, -0.2) is 0 Å². The molecule has 4 unspecified atom stereocenters. The lowest BCUT2D eigenvalue weighted by atomic mass is 9.83. The Labute approximate surface area is 368 Å². The van der Waals surface area contributed by atoms with Crippen molar-refractivity contribution < 1.29 is 24.9 Å². The number of unbranched alkanes of at least 4 members (excludes halogenated alkanes) is 13. The van der Waals surface area contributed by atoms with Crippen LogP contribution in [0.15, 0.2) is 0 Å². The molecule has 0 saturated heterocycles. The van der Waals surface area contributed by atoms with Crippen LogP contribution in [0.2, 0.25) is 0 Å². The largest absolute Gasteiger partial charge is 0.481 e. The molecule has 0 radical (unpaired) electrons. The monoisotopic (exact) mass is 836 g/mol. The van der Waals surface area contributed by atoms with Crippen molar-refractivity contribution in [2.45, 2.75) is 274 Å². The molecule has 0 bridgehead atoms. The molecule has 0 aromatic rings. The third-order valence-corrected chi connectivity index (χ3v) is 13.0. The summed E-state index contributed by atoms with van der Waals surface area (Å²) >= 11 is 0. The number of aliphatic hydroxyl groups is 1. The molecule has 6 heteroatoms. The molecule has 0 aliphatic carbocycles. The maximum absolute atomic E-state index is 12.0. The summed E-state index contributed by atoms with van der Waals surface area (Å²) < 4.78 is 0. The molecule has 0 aromatic carbocycles. The van der Waals surface area contributed by atoms with Crippen molar-refractivity contribution in [2.75, 3.05) is 19.6 Å². The second-order valence-electron chi connectivity index (χ2n) is 22.2. The van der Waals surface area contributed by atoms with Gasteiger partial charge in [0.05, 0.1) is 17.4 Å². The zero-order chi connectivity index (χ0) is 44.6. The van der Waals surface area contributed by atoms with Gasteiger partial charge >= 0.3 is 11.9 Å². The van der Waals surface area contributed by atoms with E-state index >= 15 is 0 Å². The van der Waals surface area contributed by atoms with E-state index in [1.807, 2.05) is 0 Å². The average Bonchev–Trinajstić information content (AvgIpc) is 3.12. The zero-order valence-corrected chi connectivity index (χ0v) is 41.5. The quantitative estimate of drug-likeness (QED) is 0.0531. The van der Waals surface area contributed by atoms with Crippen LogP contribution < -0.4 is 0 Å². The summed E-state index contributed by atoms with van der Waals surface area (Å²) in [5, 5.41) is 31.7. The van der Waals surface area contributed by atoms with Crippen LogP contribution in [0.3, 0.4) is 0 Å². The summed E-state index contributed by atoms with van der Waals surface area (Å²) in [6.45, 7) is 26.6. The third-order valence-electron chi connectivity index (χ3n) is 13.0. The fraction of sp³-hybridized carbons (Fsp3) is 0.962. The molecule has 0 fully saturated rings. The highest BCUT2D eigenvalue weighted by Gasteiger charge is 2.26. The first-order chi connectivity index (χ1) is 27.8. The maximum Gasteiger partial charge on any atom is 0.306 e. The Bertz CT molecular complexity index is 929. The van der Waals surface area contributed by atoms with E-state index in [1.165, 1.54) is 64.2 Å². The van der Waals surface area contributed by atoms with Gasteiger partial charge in [0.15, 0.2) is 0 Å². The predicted octanol–water partition coefficient (Wildman–Crippen LogP) is 15.9. The van der Waals surface area contributed by atoms with E-state index < -0.39 is 17.5 Å². The summed E-state index contributed by atoms with van der Waals surface area (Å²) in [6, 6.07) is 0. The molecule has 0 amide bonds. The van der Waals surface area contributed by atoms with Gasteiger partial charge in [0.25, 0.3) is 0 Å². The van der Waals surface area contributed by atoms with Crippen LogP contribution in [0.25, 0.3) is 0 Å². The summed E-state index contributed by atoms with van der Waals surface area (Å²) in [6.07, 6.45) is 32.6. The Balaban J connectivity index is 4.70. The highest BCUT2D eigenvalue weighted by atomic mass is 16.4. The molecule has 0 heterocycles. The molecule has 0 aromatic heterocycles. The fourth-order valence-electron chi connectivity index (χ4n) is 10.1. The SMILES string of the molecule is CCCN(CCC)CCCCC(O)(CCCCCCC(CCCCCCC(C)CC(C)(C)C)C(=O)O)CCCCCCC(CCCCCCC(C)CC(C)(C)C)C(=O)O. The molecule has 352 valence electrons. The van der Waals surface area contributed by atoms with Gasteiger partial charge in [-0.1, -0.05) is 185 Å². The molecule has 3 N–H and O–H groups in total. The molecule has 4 atom stereocenters. The lowest BCUT2D eigenvalue weighted by Gasteiger charge is -2.29. The van der Waals surface area contributed by atoms with Gasteiger partial charge in [-0.3, -0.25) is 9.59 Å². The lowest BCUT2D eigenvalue weighted by Crippen LogP contribution is -2.30. The van der Waals surface area contributed by atoms with Crippen molar-refractivity contribution in [3.63, 3.8) is 0 Å². The first-order valence-corrected chi connectivity index (χ1v) is 25.7. The number of carboxylic acids is 2. The summed E-state index contributed by atoms with van der Waals surface area (Å²) in [4.78, 5) is 26.6. The topological polar surface area (TPSA) is 98.1 Å². The van der Waals surface area contributed by atoms with Crippen molar-refractivity contribution in [3.8, 4) is 0 Å². The Hall–Kier alpha value is -1.14. The highest BCUT2D eigenvalue weighted by molar-refractivity contribution is 5.70. The highest BCUT2D eigenvalue weighted by Crippen LogP contribution is 2.31. The Morgan fingerprint density at radius 3 is 1.02 bits per heavy atom. The predicted molar refractivity (Wildman–Crippen MR) is 255 cm³/mol. The van der Waals surface area contributed by atoms with Crippen LogP contribution in [-0.2, 0) is 9.59 Å². The number of rotatable bonds is 41. The van der Waals surface area contributed by atoms with Crippen LogP contribution in [0.5, 0.6) is 0 Å². The molecule has 0 saturated carbocycles. The van der Waals surface area contributed by atoms with Crippen LogP contribution in [0.1, 0.15) is 268 Å². The Morgan fingerprint density at radius 1 is 0.441 bits per heavy atom. The number of carboxylic acid groups (broad SMARTS) is 2. The Morgan fingerprint density at radius 2 is 0.729 bits per heavy atom. The Kier molecular flexibility index (Phi) is 33.7. The van der Waals surface area contributed by atoms with E-state index in [0.29, 0.717) is 10.8 Å². The van der Waals surface area contributed by atoms with E-state index in [4.69, 9.17) is 0 Å². The van der Waals surface area contributed by atoms with Crippen LogP contribution in [0.4, 0.5) is 0 Å². The summed E-state index contributed by atoms with van der Waals surface area (Å²) in [7, 11) is 0. The molecule has 0 spiro atoms. The van der Waals surface area contributed by atoms with Crippen molar-refractivity contribution in [1.82, 2.24) is 4.90 Å². The smallest absolute Gasteiger partial charge is 0.306 e. The van der Waals surface area contributed by atoms with Crippen molar-refractivity contribution >= 4 is 11.9 Å². The van der Waals surface area contributed by atoms with Gasteiger partial charge < -0.3 is 20.2 Å². The minimum Gasteiger partial charge on any atom is -0.481 e. The zero-order valence-electron chi connectivity index (χ0n) is 41.5. The van der Waals surface area contributed by atoms with Gasteiger partial charge in [0, 0.05) is 0 Å². The molecule has 0 aliphatic rings. The second kappa shape index (κ2) is 34.4. The number of carbonyl (C=O) groups is 2. The van der Waals surface area contributed by atoms with Crippen LogP contribution in [-0.4, -0.2) is 57.4 Å². The van der Waals surface area contributed by atoms with Gasteiger partial charge in [0.1, 0.15) is 0 Å². The van der Waals surface area contributed by atoms with Crippen LogP contribution in [0, 0.1) is 34.5 Å². The first kappa shape index (κ1) is 57.9. The van der Waals surface area contributed by atoms with Gasteiger partial charge in [-0.15, -0.1) is 0 Å². The number of hydrogen-bond acceptors (Lipinski definition) is 4. The molecule has 0 rings (SSSR count). The lowest BCUT2D eigenvalue weighted by molar-refractivity contribution is -0.143. The maximum atomic E-state index is 12.0. The first-order valence-electron chi connectivity index (χ1n) is 25.7. The van der Waals surface area contributed by atoms with Crippen molar-refractivity contribution in [3.05, 3.63) is 0 Å². The minimum absolute atomic E-state index is 0.222. The van der Waals surface area contributed by atoms with Gasteiger partial charge in [-0.2, -0.15) is 0 Å². The van der Waals surface area contributed by atoms with E-state index in [0.717, 1.165) is 166 Å².